The lowest BCUT2D eigenvalue weighted by Gasteiger charge is -2.37. The van der Waals surface area contributed by atoms with Crippen LogP contribution < -0.4 is 20.1 Å². The Morgan fingerprint density at radius 1 is 1.08 bits per heavy atom. The van der Waals surface area contributed by atoms with Gasteiger partial charge in [-0.2, -0.15) is 0 Å². The number of Topliss-reactive ketones (excluding diaryl/α,β-unsaturated/α-hetero) is 1. The minimum absolute atomic E-state index is 0.0226. The zero-order chi connectivity index (χ0) is 26.1. The van der Waals surface area contributed by atoms with Gasteiger partial charge in [-0.15, -0.1) is 11.3 Å². The van der Waals surface area contributed by atoms with Crippen LogP contribution in [-0.4, -0.2) is 25.9 Å². The standard InChI is InChI=1S/C29H27FN2O4S/c1-16-25(29(34)32-19-8-4-7-18(30)15-19)26(20-9-5-10-23(35-2)28(20)36-3)27-21(31-16)13-17(14-22(27)33)24-11-6-12-37-24/h4-12,15,17,26,31H,13-14H2,1-3H3,(H,32,34). The molecule has 0 radical (unpaired) electrons. The molecule has 0 saturated heterocycles. The maximum atomic E-state index is 13.8. The number of hydrogen-bond donors (Lipinski definition) is 2. The fraction of sp³-hybridized carbons (Fsp3) is 0.241. The number of amides is 1. The van der Waals surface area contributed by atoms with Gasteiger partial charge in [-0.1, -0.05) is 24.3 Å². The van der Waals surface area contributed by atoms with Crippen molar-refractivity contribution >= 4 is 28.7 Å². The van der Waals surface area contributed by atoms with Crippen molar-refractivity contribution in [1.29, 1.82) is 0 Å². The predicted octanol–water partition coefficient (Wildman–Crippen LogP) is 5.90. The molecule has 3 aromatic rings. The highest BCUT2D eigenvalue weighted by molar-refractivity contribution is 7.10. The number of ether oxygens (including phenoxy) is 2. The third-order valence-electron chi connectivity index (χ3n) is 6.84. The van der Waals surface area contributed by atoms with Crippen molar-refractivity contribution in [2.24, 2.45) is 0 Å². The molecule has 1 aliphatic carbocycles. The van der Waals surface area contributed by atoms with E-state index in [-0.39, 0.29) is 11.7 Å². The molecule has 0 bridgehead atoms. The highest BCUT2D eigenvalue weighted by atomic mass is 32.1. The fourth-order valence-electron chi connectivity index (χ4n) is 5.28. The summed E-state index contributed by atoms with van der Waals surface area (Å²) < 4.78 is 25.1. The van der Waals surface area contributed by atoms with Crippen molar-refractivity contribution in [2.45, 2.75) is 31.6 Å². The summed E-state index contributed by atoms with van der Waals surface area (Å²) in [4.78, 5) is 28.7. The van der Waals surface area contributed by atoms with Crippen LogP contribution in [0, 0.1) is 5.82 Å². The summed E-state index contributed by atoms with van der Waals surface area (Å²) in [5.41, 5.74) is 3.34. The van der Waals surface area contributed by atoms with Gasteiger partial charge in [0, 0.05) is 51.0 Å². The van der Waals surface area contributed by atoms with E-state index in [1.807, 2.05) is 30.5 Å². The van der Waals surface area contributed by atoms with Gasteiger partial charge < -0.3 is 20.1 Å². The van der Waals surface area contributed by atoms with E-state index < -0.39 is 17.6 Å². The summed E-state index contributed by atoms with van der Waals surface area (Å²) >= 11 is 1.64. The molecule has 2 N–H and O–H groups in total. The number of nitrogens with one attached hydrogen (secondary N) is 2. The van der Waals surface area contributed by atoms with Crippen LogP contribution in [0.2, 0.25) is 0 Å². The number of anilines is 1. The summed E-state index contributed by atoms with van der Waals surface area (Å²) in [7, 11) is 3.08. The number of rotatable bonds is 6. The number of carbonyl (C=O) groups is 2. The molecule has 8 heteroatoms. The molecule has 190 valence electrons. The molecule has 37 heavy (non-hydrogen) atoms. The molecule has 0 spiro atoms. The van der Waals surface area contributed by atoms with E-state index >= 15 is 0 Å². The third-order valence-corrected chi connectivity index (χ3v) is 7.88. The third kappa shape index (κ3) is 4.64. The van der Waals surface area contributed by atoms with Gasteiger partial charge in [0.2, 0.25) is 0 Å². The van der Waals surface area contributed by atoms with Crippen LogP contribution in [0.3, 0.4) is 0 Å². The Balaban J connectivity index is 1.63. The number of allylic oxidation sites excluding steroid dienone is 3. The quantitative estimate of drug-likeness (QED) is 0.425. The summed E-state index contributed by atoms with van der Waals surface area (Å²) in [6, 6.07) is 15.2. The van der Waals surface area contributed by atoms with Gasteiger partial charge in [-0.3, -0.25) is 9.59 Å². The average molecular weight is 519 g/mol. The minimum atomic E-state index is -0.688. The highest BCUT2D eigenvalue weighted by Crippen LogP contribution is 2.49. The van der Waals surface area contributed by atoms with Crippen molar-refractivity contribution in [3.63, 3.8) is 0 Å². The van der Waals surface area contributed by atoms with Crippen LogP contribution in [0.15, 0.2) is 82.5 Å². The first-order valence-corrected chi connectivity index (χ1v) is 12.8. The van der Waals surface area contributed by atoms with Gasteiger partial charge >= 0.3 is 0 Å². The lowest BCUT2D eigenvalue weighted by Crippen LogP contribution is -2.37. The number of dihydropyridines is 1. The Hall–Kier alpha value is -3.91. The molecule has 1 aromatic heterocycles. The van der Waals surface area contributed by atoms with Crippen LogP contribution in [0.1, 0.15) is 42.0 Å². The van der Waals surface area contributed by atoms with Crippen molar-refractivity contribution < 1.29 is 23.5 Å². The molecule has 5 rings (SSSR count). The van der Waals surface area contributed by atoms with Gasteiger partial charge in [0.15, 0.2) is 17.3 Å². The lowest BCUT2D eigenvalue weighted by molar-refractivity contribution is -0.116. The number of carbonyl (C=O) groups excluding carboxylic acids is 2. The zero-order valence-corrected chi connectivity index (χ0v) is 21.6. The van der Waals surface area contributed by atoms with E-state index in [9.17, 15) is 14.0 Å². The summed E-state index contributed by atoms with van der Waals surface area (Å²) in [5.74, 6) is -0.559. The normalized spacial score (nSPS) is 19.3. The van der Waals surface area contributed by atoms with Crippen LogP contribution >= 0.6 is 11.3 Å². The summed E-state index contributed by atoms with van der Waals surface area (Å²) in [6.07, 6.45) is 1.00. The SMILES string of the molecule is COc1cccc(C2C(C(=O)Nc3cccc(F)c3)=C(C)NC3=C2C(=O)CC(c2cccs2)C3)c1OC. The second-order valence-electron chi connectivity index (χ2n) is 9.08. The number of para-hydroxylation sites is 1. The maximum absolute atomic E-state index is 13.8. The average Bonchev–Trinajstić information content (AvgIpc) is 3.42. The largest absolute Gasteiger partial charge is 0.493 e. The van der Waals surface area contributed by atoms with Crippen molar-refractivity contribution in [3.05, 3.63) is 98.8 Å². The predicted molar refractivity (Wildman–Crippen MR) is 141 cm³/mol. The Bertz CT molecular complexity index is 1430. The Morgan fingerprint density at radius 3 is 2.59 bits per heavy atom. The molecular formula is C29H27FN2O4S. The number of hydrogen-bond acceptors (Lipinski definition) is 6. The molecule has 0 fully saturated rings. The van der Waals surface area contributed by atoms with Gasteiger partial charge in [0.1, 0.15) is 5.82 Å². The highest BCUT2D eigenvalue weighted by Gasteiger charge is 2.42. The molecule has 2 unspecified atom stereocenters. The molecular weight excluding hydrogens is 491 g/mol. The zero-order valence-electron chi connectivity index (χ0n) is 20.8. The van der Waals surface area contributed by atoms with E-state index in [1.165, 1.54) is 25.3 Å². The molecule has 1 aliphatic heterocycles. The number of thiophene rings is 1. The first-order chi connectivity index (χ1) is 17.9. The molecule has 2 aliphatic rings. The molecule has 2 aromatic carbocycles. The van der Waals surface area contributed by atoms with Gasteiger partial charge in [0.05, 0.1) is 20.1 Å². The molecule has 2 atom stereocenters. The van der Waals surface area contributed by atoms with E-state index in [4.69, 9.17) is 9.47 Å². The van der Waals surface area contributed by atoms with E-state index in [1.54, 1.807) is 30.6 Å². The second-order valence-corrected chi connectivity index (χ2v) is 10.1. The van der Waals surface area contributed by atoms with Crippen LogP contribution in [0.4, 0.5) is 10.1 Å². The first kappa shape index (κ1) is 24.8. The smallest absolute Gasteiger partial charge is 0.254 e. The summed E-state index contributed by atoms with van der Waals surface area (Å²) in [6.45, 7) is 1.82. The second kappa shape index (κ2) is 10.2. The Morgan fingerprint density at radius 2 is 1.89 bits per heavy atom. The van der Waals surface area contributed by atoms with Crippen LogP contribution in [0.25, 0.3) is 0 Å². The lowest BCUT2D eigenvalue weighted by atomic mass is 9.72. The van der Waals surface area contributed by atoms with E-state index in [0.29, 0.717) is 52.4 Å². The van der Waals surface area contributed by atoms with Crippen molar-refractivity contribution in [1.82, 2.24) is 5.32 Å². The summed E-state index contributed by atoms with van der Waals surface area (Å²) in [5, 5.41) is 8.20. The van der Waals surface area contributed by atoms with Crippen molar-refractivity contribution in [3.8, 4) is 11.5 Å². The number of ketones is 1. The van der Waals surface area contributed by atoms with Gasteiger partial charge in [-0.25, -0.2) is 4.39 Å². The van der Waals surface area contributed by atoms with Gasteiger partial charge in [-0.05, 0) is 49.1 Å². The van der Waals surface area contributed by atoms with Gasteiger partial charge in [0.25, 0.3) is 5.91 Å². The monoisotopic (exact) mass is 518 g/mol. The molecule has 0 saturated carbocycles. The molecule has 2 heterocycles. The van der Waals surface area contributed by atoms with E-state index in [0.717, 1.165) is 10.6 Å². The van der Waals surface area contributed by atoms with Crippen LogP contribution in [0.5, 0.6) is 11.5 Å². The molecule has 1 amide bonds. The fourth-order valence-corrected chi connectivity index (χ4v) is 6.11. The maximum Gasteiger partial charge on any atom is 0.254 e. The Labute approximate surface area is 218 Å². The molecule has 6 nitrogen and oxygen atoms in total. The Kier molecular flexibility index (Phi) is 6.84. The number of methoxy groups -OCH3 is 2. The van der Waals surface area contributed by atoms with E-state index in [2.05, 4.69) is 16.7 Å². The van der Waals surface area contributed by atoms with Crippen LogP contribution in [-0.2, 0) is 9.59 Å². The van der Waals surface area contributed by atoms with Crippen molar-refractivity contribution in [2.75, 3.05) is 19.5 Å². The minimum Gasteiger partial charge on any atom is -0.493 e. The topological polar surface area (TPSA) is 76.7 Å². The first-order valence-electron chi connectivity index (χ1n) is 12.0. The number of halogens is 1. The number of benzene rings is 2.